The van der Waals surface area contributed by atoms with Gasteiger partial charge in [-0.25, -0.2) is 8.78 Å². The van der Waals surface area contributed by atoms with E-state index in [0.29, 0.717) is 0 Å². The maximum Gasteiger partial charge on any atom is 0.144 e. The second kappa shape index (κ2) is 3.72. The van der Waals surface area contributed by atoms with Crippen LogP contribution >= 0.6 is 0 Å². The van der Waals surface area contributed by atoms with Crippen molar-refractivity contribution in [3.05, 3.63) is 59.6 Å². The summed E-state index contributed by atoms with van der Waals surface area (Å²) < 4.78 is 31.1. The molecule has 2 rings (SSSR count). The van der Waals surface area contributed by atoms with Crippen molar-refractivity contribution in [2.75, 3.05) is 0 Å². The molecule has 0 aliphatic heterocycles. The number of rotatable bonds is 2. The summed E-state index contributed by atoms with van der Waals surface area (Å²) in [7, 11) is 0. The summed E-state index contributed by atoms with van der Waals surface area (Å²) in [5.74, 6) is -1.24. The van der Waals surface area contributed by atoms with E-state index >= 15 is 0 Å². The van der Waals surface area contributed by atoms with Crippen molar-refractivity contribution in [1.82, 2.24) is 0 Å². The fourth-order valence-electron chi connectivity index (χ4n) is 1.53. The van der Waals surface area contributed by atoms with Gasteiger partial charge in [-0.05, 0) is 36.8 Å². The van der Waals surface area contributed by atoms with Crippen LogP contribution in [0, 0.1) is 11.6 Å². The lowest BCUT2D eigenvalue weighted by Gasteiger charge is -2.21. The topological polar surface area (TPSA) is 33.4 Å². The SMILES string of the molecule is CC(O)(c1cc(F)cc(F)c1)c1ccco1. The zero-order valence-electron chi connectivity index (χ0n) is 8.58. The van der Waals surface area contributed by atoms with Gasteiger partial charge in [0.25, 0.3) is 0 Å². The van der Waals surface area contributed by atoms with E-state index in [-0.39, 0.29) is 11.3 Å². The lowest BCUT2D eigenvalue weighted by atomic mass is 9.93. The summed E-state index contributed by atoms with van der Waals surface area (Å²) in [6.07, 6.45) is 1.39. The Bertz CT molecular complexity index is 469. The molecular formula is C12H10F2O2. The standard InChI is InChI=1S/C12H10F2O2/c1-12(15,11-3-2-4-16-11)8-5-9(13)7-10(14)6-8/h2-7,15H,1H3. The second-order valence-corrected chi connectivity index (χ2v) is 3.71. The summed E-state index contributed by atoms with van der Waals surface area (Å²) in [6, 6.07) is 6.04. The molecular weight excluding hydrogens is 214 g/mol. The zero-order chi connectivity index (χ0) is 11.8. The first-order chi connectivity index (χ1) is 7.50. The van der Waals surface area contributed by atoms with Gasteiger partial charge >= 0.3 is 0 Å². The van der Waals surface area contributed by atoms with E-state index in [1.807, 2.05) is 0 Å². The van der Waals surface area contributed by atoms with Crippen molar-refractivity contribution >= 4 is 0 Å². The molecule has 0 radical (unpaired) electrons. The molecule has 0 saturated carbocycles. The molecule has 0 aliphatic rings. The highest BCUT2D eigenvalue weighted by atomic mass is 19.1. The van der Waals surface area contributed by atoms with Crippen LogP contribution in [0.4, 0.5) is 8.78 Å². The Balaban J connectivity index is 2.51. The molecule has 0 saturated heterocycles. The van der Waals surface area contributed by atoms with Crippen LogP contribution in [0.5, 0.6) is 0 Å². The van der Waals surface area contributed by atoms with E-state index in [0.717, 1.165) is 18.2 Å². The summed E-state index contributed by atoms with van der Waals surface area (Å²) in [5, 5.41) is 10.2. The Morgan fingerprint density at radius 3 is 2.31 bits per heavy atom. The minimum absolute atomic E-state index is 0.111. The third kappa shape index (κ3) is 1.84. The first kappa shape index (κ1) is 10.8. The third-order valence-corrected chi connectivity index (χ3v) is 2.43. The lowest BCUT2D eigenvalue weighted by Crippen LogP contribution is -2.22. The van der Waals surface area contributed by atoms with Crippen LogP contribution in [0.25, 0.3) is 0 Å². The minimum atomic E-state index is -1.55. The van der Waals surface area contributed by atoms with Gasteiger partial charge in [-0.15, -0.1) is 0 Å². The van der Waals surface area contributed by atoms with Crippen LogP contribution in [-0.4, -0.2) is 5.11 Å². The van der Waals surface area contributed by atoms with E-state index in [4.69, 9.17) is 4.42 Å². The van der Waals surface area contributed by atoms with Gasteiger partial charge in [0.2, 0.25) is 0 Å². The Labute approximate surface area is 91.1 Å². The Morgan fingerprint density at radius 2 is 1.81 bits per heavy atom. The van der Waals surface area contributed by atoms with Crippen molar-refractivity contribution in [3.8, 4) is 0 Å². The first-order valence-corrected chi connectivity index (χ1v) is 4.73. The minimum Gasteiger partial charge on any atom is -0.466 e. The van der Waals surface area contributed by atoms with Crippen LogP contribution in [0.2, 0.25) is 0 Å². The molecule has 0 amide bonds. The van der Waals surface area contributed by atoms with Gasteiger partial charge in [0.1, 0.15) is 23.0 Å². The average molecular weight is 224 g/mol. The molecule has 0 bridgehead atoms. The molecule has 1 unspecified atom stereocenters. The molecule has 1 N–H and O–H groups in total. The summed E-state index contributed by atoms with van der Waals surface area (Å²) >= 11 is 0. The maximum atomic E-state index is 13.0. The van der Waals surface area contributed by atoms with Crippen molar-refractivity contribution in [2.45, 2.75) is 12.5 Å². The van der Waals surface area contributed by atoms with Gasteiger partial charge in [0.05, 0.1) is 6.26 Å². The van der Waals surface area contributed by atoms with Crippen molar-refractivity contribution in [3.63, 3.8) is 0 Å². The normalized spacial score (nSPS) is 14.8. The van der Waals surface area contributed by atoms with Crippen LogP contribution in [0.15, 0.2) is 41.0 Å². The summed E-state index contributed by atoms with van der Waals surface area (Å²) in [4.78, 5) is 0. The maximum absolute atomic E-state index is 13.0. The molecule has 1 atom stereocenters. The quantitative estimate of drug-likeness (QED) is 0.850. The number of halogens is 2. The van der Waals surface area contributed by atoms with Crippen LogP contribution in [0.3, 0.4) is 0 Å². The van der Waals surface area contributed by atoms with E-state index in [9.17, 15) is 13.9 Å². The second-order valence-electron chi connectivity index (χ2n) is 3.71. The average Bonchev–Trinajstić information content (AvgIpc) is 2.69. The smallest absolute Gasteiger partial charge is 0.144 e. The predicted octanol–water partition coefficient (Wildman–Crippen LogP) is 2.81. The highest BCUT2D eigenvalue weighted by Crippen LogP contribution is 2.30. The van der Waals surface area contributed by atoms with E-state index < -0.39 is 17.2 Å². The van der Waals surface area contributed by atoms with E-state index in [1.165, 1.54) is 13.2 Å². The Kier molecular flexibility index (Phi) is 2.52. The number of hydrogen-bond acceptors (Lipinski definition) is 2. The fourth-order valence-corrected chi connectivity index (χ4v) is 1.53. The van der Waals surface area contributed by atoms with Crippen LogP contribution in [0.1, 0.15) is 18.2 Å². The molecule has 0 aliphatic carbocycles. The van der Waals surface area contributed by atoms with Crippen molar-refractivity contribution in [2.24, 2.45) is 0 Å². The van der Waals surface area contributed by atoms with Gasteiger partial charge < -0.3 is 9.52 Å². The van der Waals surface area contributed by atoms with E-state index in [2.05, 4.69) is 0 Å². The summed E-state index contributed by atoms with van der Waals surface area (Å²) in [6.45, 7) is 1.42. The molecule has 0 fully saturated rings. The molecule has 2 nitrogen and oxygen atoms in total. The highest BCUT2D eigenvalue weighted by molar-refractivity contribution is 5.30. The lowest BCUT2D eigenvalue weighted by molar-refractivity contribution is 0.0760. The monoisotopic (exact) mass is 224 g/mol. The van der Waals surface area contributed by atoms with Gasteiger partial charge in [-0.1, -0.05) is 0 Å². The van der Waals surface area contributed by atoms with E-state index in [1.54, 1.807) is 12.1 Å². The summed E-state index contributed by atoms with van der Waals surface area (Å²) in [5.41, 5.74) is -1.44. The van der Waals surface area contributed by atoms with Crippen LogP contribution in [-0.2, 0) is 5.60 Å². The number of aliphatic hydroxyl groups is 1. The van der Waals surface area contributed by atoms with Crippen LogP contribution < -0.4 is 0 Å². The Morgan fingerprint density at radius 1 is 1.19 bits per heavy atom. The zero-order valence-corrected chi connectivity index (χ0v) is 8.58. The molecule has 4 heteroatoms. The molecule has 1 heterocycles. The molecule has 84 valence electrons. The largest absolute Gasteiger partial charge is 0.466 e. The predicted molar refractivity (Wildman–Crippen MR) is 53.7 cm³/mol. The number of benzene rings is 1. The number of hydrogen-bond donors (Lipinski definition) is 1. The van der Waals surface area contributed by atoms with Crippen molar-refractivity contribution in [1.29, 1.82) is 0 Å². The molecule has 16 heavy (non-hydrogen) atoms. The molecule has 2 aromatic rings. The fraction of sp³-hybridized carbons (Fsp3) is 0.167. The molecule has 1 aromatic heterocycles. The first-order valence-electron chi connectivity index (χ1n) is 4.73. The third-order valence-electron chi connectivity index (χ3n) is 2.43. The highest BCUT2D eigenvalue weighted by Gasteiger charge is 2.29. The van der Waals surface area contributed by atoms with Gasteiger partial charge in [-0.2, -0.15) is 0 Å². The van der Waals surface area contributed by atoms with Gasteiger partial charge in [-0.3, -0.25) is 0 Å². The van der Waals surface area contributed by atoms with Gasteiger partial charge in [0.15, 0.2) is 0 Å². The molecule has 1 aromatic carbocycles. The van der Waals surface area contributed by atoms with Crippen molar-refractivity contribution < 1.29 is 18.3 Å². The van der Waals surface area contributed by atoms with Gasteiger partial charge in [0, 0.05) is 6.07 Å². The molecule has 0 spiro atoms. The number of furan rings is 1. The Hall–Kier alpha value is -1.68.